The summed E-state index contributed by atoms with van der Waals surface area (Å²) in [5.41, 5.74) is 3.15. The van der Waals surface area contributed by atoms with E-state index in [1.807, 2.05) is 34.9 Å². The largest absolute Gasteiger partial charge is 0.375 e. The molecule has 0 bridgehead atoms. The Morgan fingerprint density at radius 3 is 2.60 bits per heavy atom. The van der Waals surface area contributed by atoms with Crippen LogP contribution in [0, 0.1) is 11.6 Å². The van der Waals surface area contributed by atoms with E-state index in [1.165, 1.54) is 13.2 Å². The van der Waals surface area contributed by atoms with Crippen molar-refractivity contribution in [2.75, 3.05) is 19.0 Å². The van der Waals surface area contributed by atoms with Gasteiger partial charge in [0.2, 0.25) is 5.91 Å². The molecule has 0 unspecified atom stereocenters. The first-order valence-corrected chi connectivity index (χ1v) is 11.0. The second-order valence-corrected chi connectivity index (χ2v) is 7.96. The maximum Gasteiger partial charge on any atom is 0.251 e. The summed E-state index contributed by atoms with van der Waals surface area (Å²) in [7, 11) is 1.41. The van der Waals surface area contributed by atoms with Crippen LogP contribution in [0.25, 0.3) is 11.0 Å². The van der Waals surface area contributed by atoms with Crippen molar-refractivity contribution < 1.29 is 23.1 Å². The number of imidazole rings is 1. The molecule has 2 amide bonds. The van der Waals surface area contributed by atoms with Crippen molar-refractivity contribution in [2.24, 2.45) is 0 Å². The highest BCUT2D eigenvalue weighted by molar-refractivity contribution is 6.05. The number of methoxy groups -OCH3 is 1. The number of carbonyl (C=O) groups excluding carboxylic acids is 2. The van der Waals surface area contributed by atoms with Gasteiger partial charge in [-0.25, -0.2) is 13.8 Å². The van der Waals surface area contributed by atoms with Crippen LogP contribution in [0.4, 0.5) is 14.5 Å². The van der Waals surface area contributed by atoms with Crippen molar-refractivity contribution in [2.45, 2.75) is 19.5 Å². The molecule has 0 atom stereocenters. The van der Waals surface area contributed by atoms with Crippen molar-refractivity contribution in [3.8, 4) is 0 Å². The van der Waals surface area contributed by atoms with E-state index in [0.717, 1.165) is 24.1 Å². The average Bonchev–Trinajstić information content (AvgIpc) is 3.26. The van der Waals surface area contributed by atoms with E-state index in [4.69, 9.17) is 4.74 Å². The molecule has 180 valence electrons. The normalized spacial score (nSPS) is 10.9. The van der Waals surface area contributed by atoms with E-state index in [-0.39, 0.29) is 30.2 Å². The molecule has 0 saturated heterocycles. The lowest BCUT2D eigenvalue weighted by Gasteiger charge is -2.13. The highest BCUT2D eigenvalue weighted by atomic mass is 19.1. The van der Waals surface area contributed by atoms with E-state index < -0.39 is 17.5 Å². The summed E-state index contributed by atoms with van der Waals surface area (Å²) in [5.74, 6) is -2.31. The first-order chi connectivity index (χ1) is 16.9. The molecule has 0 spiro atoms. The van der Waals surface area contributed by atoms with Crippen LogP contribution in [0.5, 0.6) is 0 Å². The fourth-order valence-electron chi connectivity index (χ4n) is 3.76. The molecule has 0 fully saturated rings. The van der Waals surface area contributed by atoms with Gasteiger partial charge in [0, 0.05) is 37.4 Å². The predicted molar refractivity (Wildman–Crippen MR) is 128 cm³/mol. The summed E-state index contributed by atoms with van der Waals surface area (Å²) in [6.45, 7) is 0.336. The quantitative estimate of drug-likeness (QED) is 0.380. The number of carbonyl (C=O) groups is 2. The molecule has 35 heavy (non-hydrogen) atoms. The van der Waals surface area contributed by atoms with Gasteiger partial charge in [0.05, 0.1) is 23.0 Å². The Bertz CT molecular complexity index is 1360. The summed E-state index contributed by atoms with van der Waals surface area (Å²) in [5, 5.41) is 5.41. The number of nitrogens with zero attached hydrogens (tertiary/aromatic N) is 2. The molecule has 1 heterocycles. The Kier molecular flexibility index (Phi) is 7.47. The molecule has 4 rings (SSSR count). The minimum Gasteiger partial charge on any atom is -0.375 e. The van der Waals surface area contributed by atoms with Gasteiger partial charge < -0.3 is 19.9 Å². The van der Waals surface area contributed by atoms with Gasteiger partial charge in [-0.2, -0.15) is 0 Å². The van der Waals surface area contributed by atoms with Gasteiger partial charge in [0.15, 0.2) is 0 Å². The van der Waals surface area contributed by atoms with Gasteiger partial charge >= 0.3 is 0 Å². The molecule has 0 aliphatic heterocycles. The second-order valence-electron chi connectivity index (χ2n) is 7.96. The van der Waals surface area contributed by atoms with Crippen LogP contribution in [-0.2, 0) is 29.0 Å². The van der Waals surface area contributed by atoms with Gasteiger partial charge in [-0.3, -0.25) is 9.59 Å². The summed E-state index contributed by atoms with van der Waals surface area (Å²) >= 11 is 0. The zero-order valence-corrected chi connectivity index (χ0v) is 19.1. The number of aromatic nitrogens is 2. The maximum absolute atomic E-state index is 13.9. The third kappa shape index (κ3) is 5.88. The number of hydrogen-bond acceptors (Lipinski definition) is 4. The van der Waals surface area contributed by atoms with Gasteiger partial charge in [0.1, 0.15) is 18.2 Å². The summed E-state index contributed by atoms with van der Waals surface area (Å²) in [4.78, 5) is 29.6. The zero-order chi connectivity index (χ0) is 24.8. The number of rotatable bonds is 9. The van der Waals surface area contributed by atoms with Crippen LogP contribution < -0.4 is 10.6 Å². The van der Waals surface area contributed by atoms with Crippen LogP contribution in [0.3, 0.4) is 0 Å². The number of amides is 2. The average molecular weight is 478 g/mol. The maximum atomic E-state index is 13.9. The van der Waals surface area contributed by atoms with Crippen molar-refractivity contribution in [3.63, 3.8) is 0 Å². The lowest BCUT2D eigenvalue weighted by Crippen LogP contribution is -2.24. The highest BCUT2D eigenvalue weighted by Gasteiger charge is 2.17. The molecule has 0 saturated carbocycles. The fraction of sp³-hybridized carbons (Fsp3) is 0.192. The molecule has 7 nitrogen and oxygen atoms in total. The zero-order valence-electron chi connectivity index (χ0n) is 19.1. The molecule has 2 N–H and O–H groups in total. The Morgan fingerprint density at radius 2 is 1.86 bits per heavy atom. The lowest BCUT2D eigenvalue weighted by atomic mass is 10.1. The first kappa shape index (κ1) is 24.0. The molecule has 4 aromatic rings. The van der Waals surface area contributed by atoms with Crippen LogP contribution in [0.2, 0.25) is 0 Å². The number of fused-ring (bicyclic) bond motifs is 1. The third-order valence-corrected chi connectivity index (χ3v) is 5.46. The van der Waals surface area contributed by atoms with E-state index in [2.05, 4.69) is 15.6 Å². The first-order valence-electron chi connectivity index (χ1n) is 11.0. The Labute approximate surface area is 200 Å². The van der Waals surface area contributed by atoms with Crippen molar-refractivity contribution in [3.05, 3.63) is 95.3 Å². The van der Waals surface area contributed by atoms with E-state index in [9.17, 15) is 18.4 Å². The molecular formula is C26H24F2N4O3. The standard InChI is InChI=1S/C26H24F2N4O3/c1-35-15-24(33)31-23-12-19(26(34)29-14-18-7-8-20(27)13-21(18)28)11-22-25(23)32(16-30-22)10-9-17-5-3-2-4-6-17/h2-8,11-13,16H,9-10,14-15H2,1H3,(H,29,34)(H,31,33). The summed E-state index contributed by atoms with van der Waals surface area (Å²) < 4.78 is 33.9. The number of halogens is 2. The number of anilines is 1. The van der Waals surface area contributed by atoms with Crippen LogP contribution >= 0.6 is 0 Å². The molecule has 0 radical (unpaired) electrons. The minimum atomic E-state index is -0.745. The predicted octanol–water partition coefficient (Wildman–Crippen LogP) is 4.07. The monoisotopic (exact) mass is 478 g/mol. The third-order valence-electron chi connectivity index (χ3n) is 5.46. The fourth-order valence-corrected chi connectivity index (χ4v) is 3.76. The topological polar surface area (TPSA) is 85.2 Å². The summed E-state index contributed by atoms with van der Waals surface area (Å²) in [6.07, 6.45) is 2.42. The van der Waals surface area contributed by atoms with E-state index in [0.29, 0.717) is 23.3 Å². The van der Waals surface area contributed by atoms with Gasteiger partial charge in [-0.1, -0.05) is 36.4 Å². The number of hydrogen-bond donors (Lipinski definition) is 2. The Morgan fingerprint density at radius 1 is 1.06 bits per heavy atom. The second kappa shape index (κ2) is 10.9. The number of benzene rings is 3. The van der Waals surface area contributed by atoms with E-state index >= 15 is 0 Å². The van der Waals surface area contributed by atoms with E-state index in [1.54, 1.807) is 18.5 Å². The number of nitrogens with one attached hydrogen (secondary N) is 2. The van der Waals surface area contributed by atoms with Gasteiger partial charge in [-0.05, 0) is 30.2 Å². The number of aryl methyl sites for hydroxylation is 2. The molecular weight excluding hydrogens is 454 g/mol. The van der Waals surface area contributed by atoms with Gasteiger partial charge in [0.25, 0.3) is 5.91 Å². The van der Waals surface area contributed by atoms with Crippen molar-refractivity contribution in [1.82, 2.24) is 14.9 Å². The minimum absolute atomic E-state index is 0.125. The molecule has 0 aliphatic carbocycles. The molecule has 0 aliphatic rings. The lowest BCUT2D eigenvalue weighted by molar-refractivity contribution is -0.119. The molecule has 1 aromatic heterocycles. The van der Waals surface area contributed by atoms with Crippen molar-refractivity contribution in [1.29, 1.82) is 0 Å². The SMILES string of the molecule is COCC(=O)Nc1cc(C(=O)NCc2ccc(F)cc2F)cc2ncn(CCc3ccccc3)c12. The highest BCUT2D eigenvalue weighted by Crippen LogP contribution is 2.26. The summed E-state index contributed by atoms with van der Waals surface area (Å²) in [6, 6.07) is 16.3. The van der Waals surface area contributed by atoms with Crippen LogP contribution in [0.15, 0.2) is 67.0 Å². The number of ether oxygens (including phenoxy) is 1. The van der Waals surface area contributed by atoms with Crippen LogP contribution in [0.1, 0.15) is 21.5 Å². The Hall–Kier alpha value is -4.11. The van der Waals surface area contributed by atoms with Crippen LogP contribution in [-0.4, -0.2) is 35.1 Å². The molecule has 9 heteroatoms. The van der Waals surface area contributed by atoms with Crippen molar-refractivity contribution >= 4 is 28.5 Å². The molecule has 3 aromatic carbocycles. The Balaban J connectivity index is 1.60. The smallest absolute Gasteiger partial charge is 0.251 e. The van der Waals surface area contributed by atoms with Gasteiger partial charge in [-0.15, -0.1) is 0 Å².